The Kier molecular flexibility index (Phi) is 3.80. The van der Waals surface area contributed by atoms with E-state index in [0.29, 0.717) is 11.3 Å². The van der Waals surface area contributed by atoms with E-state index < -0.39 is 0 Å². The zero-order valence-corrected chi connectivity index (χ0v) is 15.3. The Morgan fingerprint density at radius 3 is 2.75 bits per heavy atom. The lowest BCUT2D eigenvalue weighted by molar-refractivity contribution is 0.102. The summed E-state index contributed by atoms with van der Waals surface area (Å²) in [5.41, 5.74) is 2.71. The molecule has 6 nitrogen and oxygen atoms in total. The average Bonchev–Trinajstić information content (AvgIpc) is 3.34. The van der Waals surface area contributed by atoms with Gasteiger partial charge in [0, 0.05) is 38.5 Å². The van der Waals surface area contributed by atoms with E-state index in [1.807, 2.05) is 24.3 Å². The van der Waals surface area contributed by atoms with Gasteiger partial charge < -0.3 is 10.3 Å². The number of H-pyrrole nitrogens is 2. The van der Waals surface area contributed by atoms with Crippen molar-refractivity contribution in [2.75, 3.05) is 5.32 Å². The number of amides is 1. The number of hydrogen-bond acceptors (Lipinski definition) is 4. The largest absolute Gasteiger partial charge is 0.328 e. The van der Waals surface area contributed by atoms with Crippen LogP contribution in [0.3, 0.4) is 0 Å². The van der Waals surface area contributed by atoms with Gasteiger partial charge in [0.1, 0.15) is 0 Å². The van der Waals surface area contributed by atoms with Crippen LogP contribution in [0.15, 0.2) is 71.8 Å². The van der Waals surface area contributed by atoms with Gasteiger partial charge in [0.15, 0.2) is 0 Å². The number of pyridine rings is 1. The lowest BCUT2D eigenvalue weighted by Crippen LogP contribution is -2.14. The first kappa shape index (κ1) is 16.5. The average molecular weight is 386 g/mol. The van der Waals surface area contributed by atoms with Crippen molar-refractivity contribution in [3.8, 4) is 10.4 Å². The molecule has 136 valence electrons. The number of fused-ring (bicyclic) bond motifs is 2. The molecule has 3 aromatic heterocycles. The van der Waals surface area contributed by atoms with Crippen molar-refractivity contribution < 1.29 is 4.79 Å². The SMILES string of the molecule is O=C(Nc1cc(-c2cc3ccccc3s2)c2[nH]ncc2c1)c1ccc(=O)[nH]c1. The molecule has 2 aromatic carbocycles. The van der Waals surface area contributed by atoms with E-state index in [4.69, 9.17) is 0 Å². The zero-order chi connectivity index (χ0) is 19.1. The Balaban J connectivity index is 1.58. The lowest BCUT2D eigenvalue weighted by Gasteiger charge is -2.08. The summed E-state index contributed by atoms with van der Waals surface area (Å²) in [7, 11) is 0. The normalized spacial score (nSPS) is 11.1. The fraction of sp³-hybridized carbons (Fsp3) is 0. The minimum atomic E-state index is -0.290. The second-order valence-electron chi connectivity index (χ2n) is 6.40. The maximum Gasteiger partial charge on any atom is 0.257 e. The van der Waals surface area contributed by atoms with Gasteiger partial charge in [0.25, 0.3) is 5.91 Å². The highest BCUT2D eigenvalue weighted by molar-refractivity contribution is 7.22. The number of carbonyl (C=O) groups excluding carboxylic acids is 1. The Labute approximate surface area is 162 Å². The minimum Gasteiger partial charge on any atom is -0.328 e. The number of benzene rings is 2. The van der Waals surface area contributed by atoms with Crippen LogP contribution in [-0.4, -0.2) is 21.1 Å². The molecule has 0 saturated carbocycles. The molecule has 5 rings (SSSR count). The molecule has 0 aliphatic heterocycles. The Hall–Kier alpha value is -3.71. The molecular formula is C21H14N4O2S. The summed E-state index contributed by atoms with van der Waals surface area (Å²) in [6.45, 7) is 0. The summed E-state index contributed by atoms with van der Waals surface area (Å²) >= 11 is 1.69. The van der Waals surface area contributed by atoms with E-state index in [9.17, 15) is 9.59 Å². The van der Waals surface area contributed by atoms with Crippen molar-refractivity contribution in [3.05, 3.63) is 82.9 Å². The van der Waals surface area contributed by atoms with Crippen molar-refractivity contribution in [2.45, 2.75) is 0 Å². The zero-order valence-electron chi connectivity index (χ0n) is 14.5. The number of anilines is 1. The van der Waals surface area contributed by atoms with Crippen LogP contribution >= 0.6 is 11.3 Å². The summed E-state index contributed by atoms with van der Waals surface area (Å²) in [6.07, 6.45) is 3.14. The summed E-state index contributed by atoms with van der Waals surface area (Å²) < 4.78 is 1.20. The first-order chi connectivity index (χ1) is 13.7. The molecule has 0 aliphatic carbocycles. The topological polar surface area (TPSA) is 90.6 Å². The lowest BCUT2D eigenvalue weighted by atomic mass is 10.1. The fourth-order valence-electron chi connectivity index (χ4n) is 3.19. The highest BCUT2D eigenvalue weighted by atomic mass is 32.1. The van der Waals surface area contributed by atoms with Gasteiger partial charge in [0.2, 0.25) is 5.56 Å². The maximum absolute atomic E-state index is 12.5. The second kappa shape index (κ2) is 6.47. The van der Waals surface area contributed by atoms with Crippen molar-refractivity contribution in [1.82, 2.24) is 15.2 Å². The molecule has 0 bridgehead atoms. The summed E-state index contributed by atoms with van der Waals surface area (Å²) in [5, 5.41) is 12.2. The number of nitrogens with one attached hydrogen (secondary N) is 3. The highest BCUT2D eigenvalue weighted by Gasteiger charge is 2.13. The molecule has 0 unspecified atom stereocenters. The van der Waals surface area contributed by atoms with Crippen molar-refractivity contribution in [2.24, 2.45) is 0 Å². The predicted octanol–water partition coefficient (Wildman–Crippen LogP) is 4.39. The molecule has 3 N–H and O–H groups in total. The predicted molar refractivity (Wildman–Crippen MR) is 112 cm³/mol. The van der Waals surface area contributed by atoms with Crippen LogP contribution in [0.1, 0.15) is 10.4 Å². The number of aromatic amines is 2. The molecule has 0 radical (unpaired) electrons. The number of carbonyl (C=O) groups is 1. The Morgan fingerprint density at radius 1 is 1.04 bits per heavy atom. The van der Waals surface area contributed by atoms with Crippen LogP contribution in [0.4, 0.5) is 5.69 Å². The summed E-state index contributed by atoms with van der Waals surface area (Å²) in [4.78, 5) is 27.3. The van der Waals surface area contributed by atoms with E-state index in [-0.39, 0.29) is 11.5 Å². The molecule has 0 fully saturated rings. The van der Waals surface area contributed by atoms with E-state index in [1.165, 1.54) is 28.4 Å². The van der Waals surface area contributed by atoms with E-state index in [0.717, 1.165) is 21.3 Å². The molecule has 0 aliphatic rings. The van der Waals surface area contributed by atoms with Crippen molar-refractivity contribution in [1.29, 1.82) is 0 Å². The Bertz CT molecular complexity index is 1340. The van der Waals surface area contributed by atoms with Gasteiger partial charge in [-0.2, -0.15) is 5.10 Å². The van der Waals surface area contributed by atoms with Gasteiger partial charge in [-0.3, -0.25) is 14.7 Å². The minimum absolute atomic E-state index is 0.247. The van der Waals surface area contributed by atoms with E-state index in [2.05, 4.69) is 38.7 Å². The Morgan fingerprint density at radius 2 is 1.93 bits per heavy atom. The maximum atomic E-state index is 12.5. The van der Waals surface area contributed by atoms with E-state index in [1.54, 1.807) is 17.5 Å². The highest BCUT2D eigenvalue weighted by Crippen LogP contribution is 2.38. The smallest absolute Gasteiger partial charge is 0.257 e. The van der Waals surface area contributed by atoms with Crippen LogP contribution < -0.4 is 10.9 Å². The molecule has 5 aromatic rings. The van der Waals surface area contributed by atoms with Gasteiger partial charge in [-0.15, -0.1) is 11.3 Å². The standard InChI is InChI=1S/C21H14N4O2S/c26-19-6-5-13(10-22-19)21(27)24-15-7-14-11-23-25-20(14)16(9-15)18-8-12-3-1-2-4-17(12)28-18/h1-11H,(H,22,26)(H,23,25)(H,24,27). The third-order valence-electron chi connectivity index (χ3n) is 4.54. The van der Waals surface area contributed by atoms with Crippen molar-refractivity contribution in [3.63, 3.8) is 0 Å². The molecule has 3 heterocycles. The number of rotatable bonds is 3. The van der Waals surface area contributed by atoms with Gasteiger partial charge in [-0.25, -0.2) is 0 Å². The quantitative estimate of drug-likeness (QED) is 0.430. The molecule has 28 heavy (non-hydrogen) atoms. The molecule has 1 amide bonds. The van der Waals surface area contributed by atoms with Gasteiger partial charge >= 0.3 is 0 Å². The van der Waals surface area contributed by atoms with E-state index >= 15 is 0 Å². The van der Waals surface area contributed by atoms with Gasteiger partial charge in [-0.1, -0.05) is 18.2 Å². The van der Waals surface area contributed by atoms with Crippen LogP contribution in [0.2, 0.25) is 0 Å². The molecule has 0 saturated heterocycles. The van der Waals surface area contributed by atoms with Crippen LogP contribution in [-0.2, 0) is 0 Å². The number of hydrogen-bond donors (Lipinski definition) is 3. The monoisotopic (exact) mass is 386 g/mol. The van der Waals surface area contributed by atoms with Crippen molar-refractivity contribution >= 4 is 43.9 Å². The summed E-state index contributed by atoms with van der Waals surface area (Å²) in [5.74, 6) is -0.290. The molecule has 0 spiro atoms. The third-order valence-corrected chi connectivity index (χ3v) is 5.69. The molecule has 0 atom stereocenters. The summed E-state index contributed by atoms with van der Waals surface area (Å²) in [6, 6.07) is 17.0. The van der Waals surface area contributed by atoms with Crippen LogP contribution in [0.5, 0.6) is 0 Å². The first-order valence-electron chi connectivity index (χ1n) is 8.63. The number of thiophene rings is 1. The van der Waals surface area contributed by atoms with Crippen LogP contribution in [0, 0.1) is 0 Å². The van der Waals surface area contributed by atoms with Gasteiger partial charge in [-0.05, 0) is 35.7 Å². The second-order valence-corrected chi connectivity index (χ2v) is 7.49. The molecule has 7 heteroatoms. The fourth-order valence-corrected chi connectivity index (χ4v) is 4.28. The number of nitrogens with zero attached hydrogens (tertiary/aromatic N) is 1. The third kappa shape index (κ3) is 2.87. The number of aromatic nitrogens is 3. The van der Waals surface area contributed by atoms with Gasteiger partial charge in [0.05, 0.1) is 17.3 Å². The first-order valence-corrected chi connectivity index (χ1v) is 9.45. The van der Waals surface area contributed by atoms with Crippen LogP contribution in [0.25, 0.3) is 31.4 Å². The molecular weight excluding hydrogens is 372 g/mol.